The Hall–Kier alpha value is -1.03. The number of hydrogen-bond donors (Lipinski definition) is 1. The molecule has 1 aromatic heterocycles. The first kappa shape index (κ1) is 13.0. The van der Waals surface area contributed by atoms with E-state index < -0.39 is 0 Å². The lowest BCUT2D eigenvalue weighted by molar-refractivity contribution is 0.193. The average molecular weight is 225 g/mol. The van der Waals surface area contributed by atoms with Crippen LogP contribution in [0, 0.1) is 5.92 Å². The number of nitrogens with zero attached hydrogens (tertiary/aromatic N) is 2. The fourth-order valence-electron chi connectivity index (χ4n) is 1.59. The van der Waals surface area contributed by atoms with Gasteiger partial charge in [-0.2, -0.15) is 0 Å². The Labute approximate surface area is 98.0 Å². The highest BCUT2D eigenvalue weighted by Gasteiger charge is 2.03. The Morgan fingerprint density at radius 2 is 2.25 bits per heavy atom. The van der Waals surface area contributed by atoms with Gasteiger partial charge in [0.25, 0.3) is 0 Å². The SMILES string of the molecule is COCCCCNc1nccn1CC(C)C. The lowest BCUT2D eigenvalue weighted by atomic mass is 10.2. The molecule has 92 valence electrons. The largest absolute Gasteiger partial charge is 0.385 e. The van der Waals surface area contributed by atoms with Gasteiger partial charge >= 0.3 is 0 Å². The maximum atomic E-state index is 5.01. The molecule has 0 bridgehead atoms. The first-order valence-electron chi connectivity index (χ1n) is 5.98. The normalized spacial score (nSPS) is 11.0. The van der Waals surface area contributed by atoms with Crippen molar-refractivity contribution >= 4 is 5.95 Å². The molecule has 0 aliphatic heterocycles. The molecule has 0 radical (unpaired) electrons. The molecule has 0 saturated carbocycles. The molecular weight excluding hydrogens is 202 g/mol. The molecule has 1 N–H and O–H groups in total. The standard InChI is InChI=1S/C12H23N3O/c1-11(2)10-15-8-7-14-12(15)13-6-4-5-9-16-3/h7-8,11H,4-6,9-10H2,1-3H3,(H,13,14). The molecule has 4 nitrogen and oxygen atoms in total. The second-order valence-corrected chi connectivity index (χ2v) is 4.42. The van der Waals surface area contributed by atoms with Crippen LogP contribution in [-0.4, -0.2) is 29.8 Å². The highest BCUT2D eigenvalue weighted by Crippen LogP contribution is 2.08. The van der Waals surface area contributed by atoms with Crippen LogP contribution in [0.1, 0.15) is 26.7 Å². The Kier molecular flexibility index (Phi) is 5.93. The summed E-state index contributed by atoms with van der Waals surface area (Å²) in [5.74, 6) is 1.62. The van der Waals surface area contributed by atoms with Crippen LogP contribution in [0.5, 0.6) is 0 Å². The van der Waals surface area contributed by atoms with Crippen LogP contribution in [0.4, 0.5) is 5.95 Å². The summed E-state index contributed by atoms with van der Waals surface area (Å²) in [5, 5.41) is 3.35. The summed E-state index contributed by atoms with van der Waals surface area (Å²) in [6.45, 7) is 7.23. The van der Waals surface area contributed by atoms with E-state index in [1.54, 1.807) is 7.11 Å². The summed E-state index contributed by atoms with van der Waals surface area (Å²) in [6, 6.07) is 0. The lowest BCUT2D eigenvalue weighted by Gasteiger charge is -2.11. The first-order chi connectivity index (χ1) is 7.74. The van der Waals surface area contributed by atoms with Gasteiger partial charge < -0.3 is 14.6 Å². The number of ether oxygens (including phenoxy) is 1. The Morgan fingerprint density at radius 1 is 1.44 bits per heavy atom. The van der Waals surface area contributed by atoms with Crippen LogP contribution in [0.15, 0.2) is 12.4 Å². The molecule has 0 spiro atoms. The zero-order valence-corrected chi connectivity index (χ0v) is 10.6. The predicted octanol–water partition coefficient (Wildman–Crippen LogP) is 2.38. The van der Waals surface area contributed by atoms with Gasteiger partial charge in [0.15, 0.2) is 0 Å². The molecule has 0 unspecified atom stereocenters. The second-order valence-electron chi connectivity index (χ2n) is 4.42. The van der Waals surface area contributed by atoms with Crippen molar-refractivity contribution in [3.8, 4) is 0 Å². The maximum Gasteiger partial charge on any atom is 0.202 e. The topological polar surface area (TPSA) is 39.1 Å². The summed E-state index contributed by atoms with van der Waals surface area (Å²) in [5.41, 5.74) is 0. The lowest BCUT2D eigenvalue weighted by Crippen LogP contribution is -2.11. The van der Waals surface area contributed by atoms with Gasteiger partial charge in [-0.3, -0.25) is 0 Å². The van der Waals surface area contributed by atoms with Crippen LogP contribution in [-0.2, 0) is 11.3 Å². The van der Waals surface area contributed by atoms with E-state index >= 15 is 0 Å². The average Bonchev–Trinajstić information content (AvgIpc) is 2.64. The molecule has 0 saturated heterocycles. The van der Waals surface area contributed by atoms with Gasteiger partial charge in [-0.15, -0.1) is 0 Å². The van der Waals surface area contributed by atoms with Gasteiger partial charge in [-0.05, 0) is 18.8 Å². The van der Waals surface area contributed by atoms with Crippen molar-refractivity contribution in [2.75, 3.05) is 25.6 Å². The smallest absolute Gasteiger partial charge is 0.202 e. The van der Waals surface area contributed by atoms with E-state index in [1.165, 1.54) is 0 Å². The molecule has 0 aliphatic carbocycles. The number of methoxy groups -OCH3 is 1. The van der Waals surface area contributed by atoms with E-state index in [2.05, 4.69) is 28.7 Å². The van der Waals surface area contributed by atoms with Gasteiger partial charge in [0.1, 0.15) is 0 Å². The minimum atomic E-state index is 0.642. The van der Waals surface area contributed by atoms with Crippen molar-refractivity contribution in [1.29, 1.82) is 0 Å². The van der Waals surface area contributed by atoms with Crippen molar-refractivity contribution in [2.24, 2.45) is 5.92 Å². The van der Waals surface area contributed by atoms with Crippen molar-refractivity contribution in [1.82, 2.24) is 9.55 Å². The summed E-state index contributed by atoms with van der Waals surface area (Å²) in [4.78, 5) is 4.31. The summed E-state index contributed by atoms with van der Waals surface area (Å²) in [6.07, 6.45) is 6.08. The van der Waals surface area contributed by atoms with Gasteiger partial charge in [0.05, 0.1) is 0 Å². The molecule has 1 aromatic rings. The number of rotatable bonds is 8. The number of anilines is 1. The third kappa shape index (κ3) is 4.66. The van der Waals surface area contributed by atoms with Crippen LogP contribution in [0.3, 0.4) is 0 Å². The third-order valence-electron chi connectivity index (χ3n) is 2.34. The number of imidazole rings is 1. The monoisotopic (exact) mass is 225 g/mol. The Morgan fingerprint density at radius 3 is 2.94 bits per heavy atom. The number of aromatic nitrogens is 2. The summed E-state index contributed by atoms with van der Waals surface area (Å²) in [7, 11) is 1.74. The van der Waals surface area contributed by atoms with E-state index in [0.717, 1.165) is 38.5 Å². The van der Waals surface area contributed by atoms with Gasteiger partial charge in [0.2, 0.25) is 5.95 Å². The fraction of sp³-hybridized carbons (Fsp3) is 0.750. The van der Waals surface area contributed by atoms with E-state index in [0.29, 0.717) is 5.92 Å². The molecule has 0 atom stereocenters. The Bertz CT molecular complexity index is 284. The fourth-order valence-corrected chi connectivity index (χ4v) is 1.59. The molecule has 0 fully saturated rings. The third-order valence-corrected chi connectivity index (χ3v) is 2.34. The van der Waals surface area contributed by atoms with Gasteiger partial charge in [-0.1, -0.05) is 13.8 Å². The van der Waals surface area contributed by atoms with Crippen molar-refractivity contribution in [2.45, 2.75) is 33.2 Å². The van der Waals surface area contributed by atoms with Crippen molar-refractivity contribution < 1.29 is 4.74 Å². The molecule has 1 rings (SSSR count). The van der Waals surface area contributed by atoms with E-state index in [1.807, 2.05) is 12.4 Å². The van der Waals surface area contributed by atoms with E-state index in [9.17, 15) is 0 Å². The number of nitrogens with one attached hydrogen (secondary N) is 1. The summed E-state index contributed by atoms with van der Waals surface area (Å²) >= 11 is 0. The van der Waals surface area contributed by atoms with Gasteiger partial charge in [-0.25, -0.2) is 4.98 Å². The predicted molar refractivity (Wildman–Crippen MR) is 66.7 cm³/mol. The van der Waals surface area contributed by atoms with Crippen molar-refractivity contribution in [3.63, 3.8) is 0 Å². The number of unbranched alkanes of at least 4 members (excludes halogenated alkanes) is 1. The van der Waals surface area contributed by atoms with E-state index in [-0.39, 0.29) is 0 Å². The maximum absolute atomic E-state index is 5.01. The molecule has 1 heterocycles. The summed E-state index contributed by atoms with van der Waals surface area (Å²) < 4.78 is 7.17. The zero-order valence-electron chi connectivity index (χ0n) is 10.6. The molecule has 0 amide bonds. The minimum Gasteiger partial charge on any atom is -0.385 e. The van der Waals surface area contributed by atoms with Crippen molar-refractivity contribution in [3.05, 3.63) is 12.4 Å². The molecule has 0 aliphatic rings. The highest BCUT2D eigenvalue weighted by molar-refractivity contribution is 5.25. The molecule has 16 heavy (non-hydrogen) atoms. The van der Waals surface area contributed by atoms with Gasteiger partial charge in [0, 0.05) is 39.2 Å². The minimum absolute atomic E-state index is 0.642. The number of hydrogen-bond acceptors (Lipinski definition) is 3. The zero-order chi connectivity index (χ0) is 11.8. The molecule has 0 aromatic carbocycles. The van der Waals surface area contributed by atoms with E-state index in [4.69, 9.17) is 4.74 Å². The van der Waals surface area contributed by atoms with Crippen LogP contribution in [0.25, 0.3) is 0 Å². The quantitative estimate of drug-likeness (QED) is 0.690. The van der Waals surface area contributed by atoms with Crippen LogP contribution >= 0.6 is 0 Å². The van der Waals surface area contributed by atoms with Crippen LogP contribution in [0.2, 0.25) is 0 Å². The first-order valence-corrected chi connectivity index (χ1v) is 5.98. The Balaban J connectivity index is 2.27. The second kappa shape index (κ2) is 7.28. The molecule has 4 heteroatoms. The molecular formula is C12H23N3O. The van der Waals surface area contributed by atoms with Crippen LogP contribution < -0.4 is 5.32 Å². The highest BCUT2D eigenvalue weighted by atomic mass is 16.5.